The Hall–Kier alpha value is -3.80. The topological polar surface area (TPSA) is 84.9 Å². The van der Waals surface area contributed by atoms with Crippen LogP contribution >= 0.6 is 0 Å². The number of carbonyl (C=O) groups excluding carboxylic acids is 2. The Morgan fingerprint density at radius 2 is 1.63 bits per heavy atom. The fourth-order valence-electron chi connectivity index (χ4n) is 4.40. The number of esters is 1. The van der Waals surface area contributed by atoms with Crippen molar-refractivity contribution in [2.45, 2.75) is 58.8 Å². The van der Waals surface area contributed by atoms with Crippen molar-refractivity contribution in [1.29, 1.82) is 0 Å². The monoisotopic (exact) mass is 473 g/mol. The summed E-state index contributed by atoms with van der Waals surface area (Å²) in [6.45, 7) is 7.57. The first-order valence-electron chi connectivity index (χ1n) is 11.8. The van der Waals surface area contributed by atoms with Crippen molar-refractivity contribution >= 4 is 11.9 Å². The van der Waals surface area contributed by atoms with E-state index in [0.29, 0.717) is 30.7 Å². The molecule has 1 aliphatic rings. The van der Waals surface area contributed by atoms with Gasteiger partial charge in [0.15, 0.2) is 0 Å². The lowest BCUT2D eigenvalue weighted by Crippen LogP contribution is -2.47. The average molecular weight is 474 g/mol. The number of hydrogen-bond donors (Lipinski definition) is 2. The molecule has 2 N–H and O–H groups in total. The van der Waals surface area contributed by atoms with Gasteiger partial charge in [0.2, 0.25) is 11.7 Å². The molecule has 0 spiro atoms. The standard InChI is InChI=1S/C29H31NO5/c1-18-19(2)25-23(20(3)24(18)31)15-16-29(4,35-25)28(33)34-26(22-13-9-6-10-14-22)27(32)30-17-21-11-7-5-8-12-21/h5-14,26,31H,15-17H2,1-4H3,(H,30,32). The summed E-state index contributed by atoms with van der Waals surface area (Å²) >= 11 is 0. The molecule has 4 rings (SSSR count). The minimum Gasteiger partial charge on any atom is -0.507 e. The summed E-state index contributed by atoms with van der Waals surface area (Å²) in [7, 11) is 0. The van der Waals surface area contributed by atoms with Gasteiger partial charge in [-0.05, 0) is 56.4 Å². The van der Waals surface area contributed by atoms with Crippen LogP contribution in [0.4, 0.5) is 0 Å². The van der Waals surface area contributed by atoms with E-state index in [1.165, 1.54) is 0 Å². The molecule has 3 aromatic rings. The van der Waals surface area contributed by atoms with Gasteiger partial charge in [-0.1, -0.05) is 60.7 Å². The van der Waals surface area contributed by atoms with Crippen molar-refractivity contribution in [2.75, 3.05) is 0 Å². The first kappa shape index (κ1) is 24.3. The molecule has 0 saturated carbocycles. The number of hydrogen-bond acceptors (Lipinski definition) is 5. The van der Waals surface area contributed by atoms with E-state index in [1.807, 2.05) is 57.2 Å². The van der Waals surface area contributed by atoms with Gasteiger partial charge in [0.05, 0.1) is 0 Å². The maximum atomic E-state index is 13.5. The third-order valence-corrected chi connectivity index (χ3v) is 6.83. The van der Waals surface area contributed by atoms with E-state index in [0.717, 1.165) is 27.8 Å². The fraction of sp³-hybridized carbons (Fsp3) is 0.310. The Morgan fingerprint density at radius 1 is 1.00 bits per heavy atom. The van der Waals surface area contributed by atoms with Crippen LogP contribution in [0.3, 0.4) is 0 Å². The number of phenols is 1. The van der Waals surface area contributed by atoms with Crippen LogP contribution in [0.5, 0.6) is 11.5 Å². The molecule has 1 heterocycles. The lowest BCUT2D eigenvalue weighted by atomic mass is 9.87. The Balaban J connectivity index is 1.57. The molecule has 0 saturated heterocycles. The molecular formula is C29H31NO5. The predicted molar refractivity (Wildman–Crippen MR) is 133 cm³/mol. The van der Waals surface area contributed by atoms with E-state index in [4.69, 9.17) is 9.47 Å². The molecule has 1 amide bonds. The molecule has 0 fully saturated rings. The van der Waals surface area contributed by atoms with E-state index in [9.17, 15) is 14.7 Å². The molecule has 35 heavy (non-hydrogen) atoms. The van der Waals surface area contributed by atoms with E-state index >= 15 is 0 Å². The molecule has 0 bridgehead atoms. The molecule has 1 aliphatic heterocycles. The van der Waals surface area contributed by atoms with E-state index < -0.39 is 23.6 Å². The van der Waals surface area contributed by atoms with Gasteiger partial charge >= 0.3 is 5.97 Å². The quantitative estimate of drug-likeness (QED) is 0.492. The van der Waals surface area contributed by atoms with Gasteiger partial charge in [-0.25, -0.2) is 4.79 Å². The highest BCUT2D eigenvalue weighted by atomic mass is 16.6. The van der Waals surface area contributed by atoms with E-state index in [-0.39, 0.29) is 5.75 Å². The fourth-order valence-corrected chi connectivity index (χ4v) is 4.40. The lowest BCUT2D eigenvalue weighted by Gasteiger charge is -2.36. The summed E-state index contributed by atoms with van der Waals surface area (Å²) < 4.78 is 12.1. The molecule has 0 aliphatic carbocycles. The first-order valence-corrected chi connectivity index (χ1v) is 11.8. The number of fused-ring (bicyclic) bond motifs is 1. The van der Waals surface area contributed by atoms with Crippen LogP contribution in [0.15, 0.2) is 60.7 Å². The second-order valence-electron chi connectivity index (χ2n) is 9.26. The zero-order chi connectivity index (χ0) is 25.2. The van der Waals surface area contributed by atoms with Crippen molar-refractivity contribution < 1.29 is 24.2 Å². The van der Waals surface area contributed by atoms with Crippen molar-refractivity contribution in [3.63, 3.8) is 0 Å². The van der Waals surface area contributed by atoms with Crippen LogP contribution in [0.2, 0.25) is 0 Å². The number of rotatable bonds is 6. The number of phenolic OH excluding ortho intramolecular Hbond substituents is 1. The minimum absolute atomic E-state index is 0.259. The summed E-state index contributed by atoms with van der Waals surface area (Å²) in [5.74, 6) is -0.140. The van der Waals surface area contributed by atoms with Crippen LogP contribution in [0, 0.1) is 20.8 Å². The highest BCUT2D eigenvalue weighted by Gasteiger charge is 2.44. The average Bonchev–Trinajstić information content (AvgIpc) is 2.88. The van der Waals surface area contributed by atoms with Crippen LogP contribution in [0.25, 0.3) is 0 Å². The van der Waals surface area contributed by atoms with Crippen LogP contribution in [0.1, 0.15) is 52.8 Å². The third kappa shape index (κ3) is 4.87. The van der Waals surface area contributed by atoms with Gasteiger partial charge in [0, 0.05) is 24.1 Å². The van der Waals surface area contributed by atoms with Crippen LogP contribution in [-0.2, 0) is 27.3 Å². The minimum atomic E-state index is -1.26. The largest absolute Gasteiger partial charge is 0.507 e. The number of ether oxygens (including phenoxy) is 2. The number of nitrogens with one attached hydrogen (secondary N) is 1. The van der Waals surface area contributed by atoms with Gasteiger partial charge in [0.25, 0.3) is 5.91 Å². The van der Waals surface area contributed by atoms with Crippen molar-refractivity contribution in [3.05, 3.63) is 94.0 Å². The Kier molecular flexibility index (Phi) is 6.83. The van der Waals surface area contributed by atoms with Crippen molar-refractivity contribution in [2.24, 2.45) is 0 Å². The summed E-state index contributed by atoms with van der Waals surface area (Å²) in [5, 5.41) is 13.3. The Labute approximate surface area is 205 Å². The van der Waals surface area contributed by atoms with Crippen molar-refractivity contribution in [1.82, 2.24) is 5.32 Å². The van der Waals surface area contributed by atoms with Gasteiger partial charge < -0.3 is 19.9 Å². The SMILES string of the molecule is Cc1c(C)c2c(c(C)c1O)CCC(C)(C(=O)OC(C(=O)NCc1ccccc1)c1ccccc1)O2. The van der Waals surface area contributed by atoms with Gasteiger partial charge in [-0.2, -0.15) is 0 Å². The normalized spacial score (nSPS) is 17.6. The highest BCUT2D eigenvalue weighted by Crippen LogP contribution is 2.43. The maximum absolute atomic E-state index is 13.5. The molecule has 6 heteroatoms. The molecule has 0 aromatic heterocycles. The maximum Gasteiger partial charge on any atom is 0.351 e. The summed E-state index contributed by atoms with van der Waals surface area (Å²) in [6, 6.07) is 18.5. The number of carbonyl (C=O) groups is 2. The van der Waals surface area contributed by atoms with Crippen molar-refractivity contribution in [3.8, 4) is 11.5 Å². The lowest BCUT2D eigenvalue weighted by molar-refractivity contribution is -0.172. The molecule has 0 radical (unpaired) electrons. The van der Waals surface area contributed by atoms with E-state index in [2.05, 4.69) is 5.32 Å². The molecule has 2 unspecified atom stereocenters. The van der Waals surface area contributed by atoms with E-state index in [1.54, 1.807) is 31.2 Å². The molecule has 182 valence electrons. The van der Waals surface area contributed by atoms with Gasteiger partial charge in [0.1, 0.15) is 11.5 Å². The van der Waals surface area contributed by atoms with Gasteiger partial charge in [-0.15, -0.1) is 0 Å². The Bertz CT molecular complexity index is 1240. The summed E-state index contributed by atoms with van der Waals surface area (Å²) in [4.78, 5) is 26.6. The molecular weight excluding hydrogens is 442 g/mol. The Morgan fingerprint density at radius 3 is 2.29 bits per heavy atom. The number of aromatic hydroxyl groups is 1. The van der Waals surface area contributed by atoms with Crippen LogP contribution < -0.4 is 10.1 Å². The second-order valence-corrected chi connectivity index (χ2v) is 9.26. The second kappa shape index (κ2) is 9.82. The molecule has 6 nitrogen and oxygen atoms in total. The third-order valence-electron chi connectivity index (χ3n) is 6.83. The molecule has 2 atom stereocenters. The zero-order valence-electron chi connectivity index (χ0n) is 20.6. The molecule has 3 aromatic carbocycles. The summed E-state index contributed by atoms with van der Waals surface area (Å²) in [6.07, 6.45) is -0.189. The predicted octanol–water partition coefficient (Wildman–Crippen LogP) is 5.00. The van der Waals surface area contributed by atoms with Gasteiger partial charge in [-0.3, -0.25) is 4.79 Å². The smallest absolute Gasteiger partial charge is 0.351 e. The first-order chi connectivity index (χ1) is 16.7. The number of benzene rings is 3. The van der Waals surface area contributed by atoms with Crippen LogP contribution in [-0.4, -0.2) is 22.6 Å². The highest BCUT2D eigenvalue weighted by molar-refractivity contribution is 5.87. The zero-order valence-corrected chi connectivity index (χ0v) is 20.6. The summed E-state index contributed by atoms with van der Waals surface area (Å²) in [5.41, 5.74) is 3.45. The number of amides is 1.